The molecule has 0 bridgehead atoms. The number of primary amides is 1. The van der Waals surface area contributed by atoms with E-state index in [2.05, 4.69) is 15.6 Å². The molecule has 6 nitrogen and oxygen atoms in total. The van der Waals surface area contributed by atoms with E-state index >= 15 is 0 Å². The van der Waals surface area contributed by atoms with Crippen LogP contribution >= 0.6 is 22.7 Å². The number of amides is 3. The normalized spacial score (nSPS) is 11.7. The highest BCUT2D eigenvalue weighted by atomic mass is 32.1. The lowest BCUT2D eigenvalue weighted by atomic mass is 10.1. The smallest absolute Gasteiger partial charge is 0.312 e. The first kappa shape index (κ1) is 17.1. The second-order valence-electron chi connectivity index (χ2n) is 5.25. The summed E-state index contributed by atoms with van der Waals surface area (Å²) in [6.45, 7) is 0. The van der Waals surface area contributed by atoms with Gasteiger partial charge < -0.3 is 16.4 Å². The van der Waals surface area contributed by atoms with Gasteiger partial charge in [0.1, 0.15) is 5.01 Å². The van der Waals surface area contributed by atoms with Crippen LogP contribution in [0.2, 0.25) is 0 Å². The first-order valence-corrected chi connectivity index (χ1v) is 9.27. The number of rotatable bonds is 6. The standard InChI is InChI=1S/C17H16N4O2S2/c18-17(23)21-13(14-5-2-7-24-14)10-15(22)20-12-4-1-3-11(9-12)16-19-6-8-25-16/h1-9,13H,10H2,(H,20,22)(H3,18,21,23). The lowest BCUT2D eigenvalue weighted by molar-refractivity contribution is -0.116. The van der Waals surface area contributed by atoms with E-state index in [9.17, 15) is 9.59 Å². The second-order valence-corrected chi connectivity index (χ2v) is 7.12. The zero-order chi connectivity index (χ0) is 17.6. The summed E-state index contributed by atoms with van der Waals surface area (Å²) in [5.41, 5.74) is 6.84. The largest absolute Gasteiger partial charge is 0.352 e. The molecule has 3 aromatic rings. The number of nitrogens with zero attached hydrogens (tertiary/aromatic N) is 1. The third-order valence-electron chi connectivity index (χ3n) is 3.42. The molecule has 3 amide bonds. The van der Waals surface area contributed by atoms with E-state index in [0.29, 0.717) is 5.69 Å². The minimum atomic E-state index is -0.656. The number of nitrogens with two attached hydrogens (primary N) is 1. The highest BCUT2D eigenvalue weighted by molar-refractivity contribution is 7.13. The van der Waals surface area contributed by atoms with Crippen LogP contribution in [0.4, 0.5) is 10.5 Å². The van der Waals surface area contributed by atoms with Gasteiger partial charge in [-0.3, -0.25) is 4.79 Å². The Morgan fingerprint density at radius 3 is 2.72 bits per heavy atom. The van der Waals surface area contributed by atoms with Crippen LogP contribution in [0.5, 0.6) is 0 Å². The van der Waals surface area contributed by atoms with Crippen LogP contribution < -0.4 is 16.4 Å². The molecule has 2 heterocycles. The number of nitrogens with one attached hydrogen (secondary N) is 2. The Labute approximate surface area is 152 Å². The van der Waals surface area contributed by atoms with Crippen LogP contribution in [0.3, 0.4) is 0 Å². The molecule has 2 aromatic heterocycles. The summed E-state index contributed by atoms with van der Waals surface area (Å²) in [6, 6.07) is 10.1. The fourth-order valence-electron chi connectivity index (χ4n) is 2.38. The van der Waals surface area contributed by atoms with Crippen molar-refractivity contribution in [3.8, 4) is 10.6 Å². The molecular formula is C17H16N4O2S2. The summed E-state index contributed by atoms with van der Waals surface area (Å²) in [7, 11) is 0. The number of benzene rings is 1. The first-order valence-electron chi connectivity index (χ1n) is 7.51. The van der Waals surface area contributed by atoms with Gasteiger partial charge in [-0.15, -0.1) is 22.7 Å². The van der Waals surface area contributed by atoms with Gasteiger partial charge in [0.05, 0.1) is 12.5 Å². The van der Waals surface area contributed by atoms with Gasteiger partial charge in [-0.05, 0) is 23.6 Å². The van der Waals surface area contributed by atoms with Crippen molar-refractivity contribution in [1.82, 2.24) is 10.3 Å². The average Bonchev–Trinajstić information content (AvgIpc) is 3.28. The van der Waals surface area contributed by atoms with Gasteiger partial charge >= 0.3 is 6.03 Å². The molecule has 0 saturated carbocycles. The summed E-state index contributed by atoms with van der Waals surface area (Å²) in [4.78, 5) is 28.7. The summed E-state index contributed by atoms with van der Waals surface area (Å²) in [6.07, 6.45) is 1.84. The van der Waals surface area contributed by atoms with E-state index in [1.54, 1.807) is 6.20 Å². The summed E-state index contributed by atoms with van der Waals surface area (Å²) in [5.74, 6) is -0.205. The van der Waals surface area contributed by atoms with E-state index in [0.717, 1.165) is 15.4 Å². The highest BCUT2D eigenvalue weighted by Gasteiger charge is 2.18. The molecule has 1 unspecified atom stereocenters. The predicted octanol–water partition coefficient (Wildman–Crippen LogP) is 3.61. The van der Waals surface area contributed by atoms with E-state index in [1.165, 1.54) is 22.7 Å². The Morgan fingerprint density at radius 1 is 1.16 bits per heavy atom. The maximum atomic E-state index is 12.4. The molecule has 0 aliphatic carbocycles. The van der Waals surface area contributed by atoms with E-state index in [1.807, 2.05) is 47.2 Å². The lowest BCUT2D eigenvalue weighted by Crippen LogP contribution is -2.34. The second kappa shape index (κ2) is 7.91. The van der Waals surface area contributed by atoms with E-state index in [-0.39, 0.29) is 12.3 Å². The van der Waals surface area contributed by atoms with Crippen LogP contribution in [-0.2, 0) is 4.79 Å². The fraction of sp³-hybridized carbons (Fsp3) is 0.118. The Morgan fingerprint density at radius 2 is 2.04 bits per heavy atom. The summed E-state index contributed by atoms with van der Waals surface area (Å²) >= 11 is 3.00. The van der Waals surface area contributed by atoms with Gasteiger partial charge in [0.25, 0.3) is 0 Å². The third kappa shape index (κ3) is 4.65. The van der Waals surface area contributed by atoms with E-state index in [4.69, 9.17) is 5.73 Å². The SMILES string of the molecule is NC(=O)NC(CC(=O)Nc1cccc(-c2nccs2)c1)c1cccs1. The van der Waals surface area contributed by atoms with Gasteiger partial charge in [-0.2, -0.15) is 0 Å². The molecule has 128 valence electrons. The number of urea groups is 1. The molecule has 8 heteroatoms. The van der Waals surface area contributed by atoms with Crippen molar-refractivity contribution in [2.75, 3.05) is 5.32 Å². The molecule has 1 atom stereocenters. The molecule has 0 aliphatic rings. The number of hydrogen-bond donors (Lipinski definition) is 3. The maximum Gasteiger partial charge on any atom is 0.312 e. The van der Waals surface area contributed by atoms with Crippen LogP contribution in [0.1, 0.15) is 17.3 Å². The molecule has 0 aliphatic heterocycles. The first-order chi connectivity index (χ1) is 12.1. The van der Waals surface area contributed by atoms with Gasteiger partial charge in [-0.25, -0.2) is 9.78 Å². The van der Waals surface area contributed by atoms with Crippen molar-refractivity contribution in [2.45, 2.75) is 12.5 Å². The predicted molar refractivity (Wildman–Crippen MR) is 101 cm³/mol. The Bertz CT molecular complexity index is 847. The monoisotopic (exact) mass is 372 g/mol. The van der Waals surface area contributed by atoms with Gasteiger partial charge in [0, 0.05) is 27.7 Å². The van der Waals surface area contributed by atoms with Crippen molar-refractivity contribution in [2.24, 2.45) is 5.73 Å². The summed E-state index contributed by atoms with van der Waals surface area (Å²) < 4.78 is 0. The molecule has 0 radical (unpaired) electrons. The Balaban J connectivity index is 1.69. The zero-order valence-corrected chi connectivity index (χ0v) is 14.8. The number of anilines is 1. The third-order valence-corrected chi connectivity index (χ3v) is 5.23. The number of carbonyl (C=O) groups excluding carboxylic acids is 2. The molecule has 4 N–H and O–H groups in total. The van der Waals surface area contributed by atoms with Gasteiger partial charge in [-0.1, -0.05) is 18.2 Å². The van der Waals surface area contributed by atoms with Gasteiger partial charge in [0.15, 0.2) is 0 Å². The lowest BCUT2D eigenvalue weighted by Gasteiger charge is -2.16. The number of aromatic nitrogens is 1. The van der Waals surface area contributed by atoms with E-state index < -0.39 is 12.1 Å². The van der Waals surface area contributed by atoms with Crippen molar-refractivity contribution in [3.63, 3.8) is 0 Å². The highest BCUT2D eigenvalue weighted by Crippen LogP contribution is 2.26. The van der Waals surface area contributed by atoms with Crippen molar-refractivity contribution >= 4 is 40.3 Å². The van der Waals surface area contributed by atoms with Crippen LogP contribution in [0, 0.1) is 0 Å². The van der Waals surface area contributed by atoms with Crippen molar-refractivity contribution in [3.05, 3.63) is 58.2 Å². The summed E-state index contributed by atoms with van der Waals surface area (Å²) in [5, 5.41) is 10.2. The van der Waals surface area contributed by atoms with Gasteiger partial charge in [0.2, 0.25) is 5.91 Å². The number of thiazole rings is 1. The molecule has 0 fully saturated rings. The molecule has 0 saturated heterocycles. The number of hydrogen-bond acceptors (Lipinski definition) is 5. The maximum absolute atomic E-state index is 12.4. The van der Waals surface area contributed by atoms with Crippen LogP contribution in [0.15, 0.2) is 53.4 Å². The van der Waals surface area contributed by atoms with Crippen LogP contribution in [0.25, 0.3) is 10.6 Å². The topological polar surface area (TPSA) is 97.1 Å². The molecular weight excluding hydrogens is 356 g/mol. The fourth-order valence-corrected chi connectivity index (χ4v) is 3.79. The van der Waals surface area contributed by atoms with Crippen molar-refractivity contribution < 1.29 is 9.59 Å². The van der Waals surface area contributed by atoms with Crippen molar-refractivity contribution in [1.29, 1.82) is 0 Å². The number of thiophene rings is 1. The Hall–Kier alpha value is -2.71. The minimum absolute atomic E-state index is 0.102. The molecule has 25 heavy (non-hydrogen) atoms. The molecule has 1 aromatic carbocycles. The Kier molecular flexibility index (Phi) is 5.42. The average molecular weight is 372 g/mol. The minimum Gasteiger partial charge on any atom is -0.352 e. The quantitative estimate of drug-likeness (QED) is 0.616. The zero-order valence-electron chi connectivity index (χ0n) is 13.1. The molecule has 0 spiro atoms. The van der Waals surface area contributed by atoms with Crippen LogP contribution in [-0.4, -0.2) is 16.9 Å². The number of carbonyl (C=O) groups is 2. The molecule has 3 rings (SSSR count).